The molecule has 0 fully saturated rings. The molecule has 1 aromatic rings. The monoisotopic (exact) mass is 222 g/mol. The van der Waals surface area contributed by atoms with E-state index in [1.165, 1.54) is 0 Å². The molecule has 0 bridgehead atoms. The smallest absolute Gasteiger partial charge is 0.138 e. The molecule has 1 N–H and O–H groups in total. The van der Waals surface area contributed by atoms with E-state index in [1.807, 2.05) is 10.8 Å². The van der Waals surface area contributed by atoms with Crippen LogP contribution in [0.4, 0.5) is 0 Å². The van der Waals surface area contributed by atoms with E-state index in [0.29, 0.717) is 6.04 Å². The summed E-state index contributed by atoms with van der Waals surface area (Å²) in [7, 11) is 0. The Balaban J connectivity index is 2.55. The summed E-state index contributed by atoms with van der Waals surface area (Å²) in [5, 5.41) is 7.69. The van der Waals surface area contributed by atoms with Crippen LogP contribution in [0.15, 0.2) is 19.0 Å². The van der Waals surface area contributed by atoms with Gasteiger partial charge in [0.05, 0.1) is 0 Å². The van der Waals surface area contributed by atoms with Crippen molar-refractivity contribution in [3.8, 4) is 0 Å². The average Bonchev–Trinajstić information content (AvgIpc) is 2.73. The van der Waals surface area contributed by atoms with Gasteiger partial charge in [-0.25, -0.2) is 4.98 Å². The number of hydrogen-bond donors (Lipinski definition) is 1. The molecular weight excluding hydrogens is 200 g/mol. The van der Waals surface area contributed by atoms with Crippen LogP contribution < -0.4 is 5.32 Å². The molecule has 1 rings (SSSR count). The Labute approximate surface area is 97.8 Å². The Morgan fingerprint density at radius 2 is 2.38 bits per heavy atom. The molecule has 0 aliphatic heterocycles. The summed E-state index contributed by atoms with van der Waals surface area (Å²) in [6.45, 7) is 9.97. The maximum atomic E-state index is 4.29. The van der Waals surface area contributed by atoms with Crippen molar-refractivity contribution in [2.24, 2.45) is 0 Å². The molecule has 4 heteroatoms. The van der Waals surface area contributed by atoms with Crippen molar-refractivity contribution >= 4 is 0 Å². The van der Waals surface area contributed by atoms with E-state index < -0.39 is 0 Å². The number of nitrogens with zero attached hydrogens (tertiary/aromatic N) is 3. The first-order valence-corrected chi connectivity index (χ1v) is 6.02. The van der Waals surface area contributed by atoms with Crippen LogP contribution in [-0.4, -0.2) is 27.4 Å². The standard InChI is InChI=1S/C12H22N4/c1-4-7-11(13-8-5-2)9-12-14-10-15-16(12)6-3/h4,10-11,13H,1,5-9H2,2-3H3. The number of nitrogens with one attached hydrogen (secondary N) is 1. The van der Waals surface area contributed by atoms with E-state index in [0.717, 1.165) is 38.2 Å². The van der Waals surface area contributed by atoms with Crippen LogP contribution >= 0.6 is 0 Å². The first-order chi connectivity index (χ1) is 7.81. The van der Waals surface area contributed by atoms with Gasteiger partial charge in [0.15, 0.2) is 0 Å². The van der Waals surface area contributed by atoms with Crippen molar-refractivity contribution in [1.29, 1.82) is 0 Å². The summed E-state index contributed by atoms with van der Waals surface area (Å²) >= 11 is 0. The Kier molecular flexibility index (Phi) is 5.78. The molecule has 1 heterocycles. The van der Waals surface area contributed by atoms with Crippen LogP contribution in [0.2, 0.25) is 0 Å². The molecule has 0 aliphatic carbocycles. The number of hydrogen-bond acceptors (Lipinski definition) is 3. The Morgan fingerprint density at radius 3 is 3.00 bits per heavy atom. The second-order valence-corrected chi connectivity index (χ2v) is 3.87. The zero-order valence-corrected chi connectivity index (χ0v) is 10.3. The molecule has 90 valence electrons. The Bertz CT molecular complexity index is 306. The third kappa shape index (κ3) is 3.77. The lowest BCUT2D eigenvalue weighted by Crippen LogP contribution is -2.32. The quantitative estimate of drug-likeness (QED) is 0.682. The first kappa shape index (κ1) is 12.9. The molecule has 0 aromatic carbocycles. The SMILES string of the molecule is C=CCC(Cc1ncnn1CC)NCCC. The maximum absolute atomic E-state index is 4.29. The van der Waals surface area contributed by atoms with E-state index in [1.54, 1.807) is 6.33 Å². The van der Waals surface area contributed by atoms with Gasteiger partial charge >= 0.3 is 0 Å². The minimum Gasteiger partial charge on any atom is -0.313 e. The normalized spacial score (nSPS) is 12.6. The molecule has 16 heavy (non-hydrogen) atoms. The highest BCUT2D eigenvalue weighted by atomic mass is 15.3. The highest BCUT2D eigenvalue weighted by Gasteiger charge is 2.11. The average molecular weight is 222 g/mol. The highest BCUT2D eigenvalue weighted by molar-refractivity contribution is 4.92. The van der Waals surface area contributed by atoms with Crippen LogP contribution in [0.1, 0.15) is 32.5 Å². The third-order valence-electron chi connectivity index (χ3n) is 2.56. The Morgan fingerprint density at radius 1 is 1.56 bits per heavy atom. The predicted molar refractivity (Wildman–Crippen MR) is 66.3 cm³/mol. The van der Waals surface area contributed by atoms with Crippen molar-refractivity contribution < 1.29 is 0 Å². The van der Waals surface area contributed by atoms with Crippen molar-refractivity contribution in [3.63, 3.8) is 0 Å². The van der Waals surface area contributed by atoms with Gasteiger partial charge in [0, 0.05) is 19.0 Å². The van der Waals surface area contributed by atoms with E-state index in [-0.39, 0.29) is 0 Å². The lowest BCUT2D eigenvalue weighted by Gasteiger charge is -2.16. The van der Waals surface area contributed by atoms with Crippen molar-refractivity contribution in [3.05, 3.63) is 24.8 Å². The molecule has 0 saturated heterocycles. The number of aryl methyl sites for hydroxylation is 1. The summed E-state index contributed by atoms with van der Waals surface area (Å²) < 4.78 is 1.95. The molecule has 0 saturated carbocycles. The van der Waals surface area contributed by atoms with E-state index >= 15 is 0 Å². The molecule has 1 unspecified atom stereocenters. The van der Waals surface area contributed by atoms with Gasteiger partial charge in [-0.1, -0.05) is 13.0 Å². The van der Waals surface area contributed by atoms with Crippen molar-refractivity contribution in [1.82, 2.24) is 20.1 Å². The second kappa shape index (κ2) is 7.17. The first-order valence-electron chi connectivity index (χ1n) is 6.02. The second-order valence-electron chi connectivity index (χ2n) is 3.87. The van der Waals surface area contributed by atoms with Crippen molar-refractivity contribution in [2.75, 3.05) is 6.54 Å². The minimum absolute atomic E-state index is 0.423. The molecule has 0 aliphatic rings. The Hall–Kier alpha value is -1.16. The lowest BCUT2D eigenvalue weighted by atomic mass is 10.1. The van der Waals surface area contributed by atoms with Crippen molar-refractivity contribution in [2.45, 2.75) is 45.7 Å². The topological polar surface area (TPSA) is 42.7 Å². The van der Waals surface area contributed by atoms with Gasteiger partial charge in [-0.2, -0.15) is 5.10 Å². The summed E-state index contributed by atoms with van der Waals surface area (Å²) in [6.07, 6.45) is 6.62. The molecular formula is C12H22N4. The fraction of sp³-hybridized carbons (Fsp3) is 0.667. The summed E-state index contributed by atoms with van der Waals surface area (Å²) in [4.78, 5) is 4.29. The minimum atomic E-state index is 0.423. The van der Waals surface area contributed by atoms with Gasteiger partial charge in [0.25, 0.3) is 0 Å². The maximum Gasteiger partial charge on any atom is 0.138 e. The van der Waals surface area contributed by atoms with Gasteiger partial charge in [-0.05, 0) is 26.3 Å². The van der Waals surface area contributed by atoms with Gasteiger partial charge in [0.2, 0.25) is 0 Å². The fourth-order valence-corrected chi connectivity index (χ4v) is 1.72. The molecule has 1 atom stereocenters. The number of rotatable bonds is 8. The van der Waals surface area contributed by atoms with E-state index in [2.05, 4.69) is 35.8 Å². The molecule has 0 amide bonds. The molecule has 0 spiro atoms. The van der Waals surface area contributed by atoms with E-state index in [4.69, 9.17) is 0 Å². The third-order valence-corrected chi connectivity index (χ3v) is 2.56. The van der Waals surface area contributed by atoms with Gasteiger partial charge in [0.1, 0.15) is 12.2 Å². The predicted octanol–water partition coefficient (Wildman–Crippen LogP) is 1.78. The van der Waals surface area contributed by atoms with Gasteiger partial charge in [-0.15, -0.1) is 6.58 Å². The van der Waals surface area contributed by atoms with Gasteiger partial charge < -0.3 is 5.32 Å². The van der Waals surface area contributed by atoms with E-state index in [9.17, 15) is 0 Å². The zero-order valence-electron chi connectivity index (χ0n) is 10.3. The van der Waals surface area contributed by atoms with Crippen LogP contribution in [0.3, 0.4) is 0 Å². The zero-order chi connectivity index (χ0) is 11.8. The lowest BCUT2D eigenvalue weighted by molar-refractivity contribution is 0.484. The molecule has 0 radical (unpaired) electrons. The van der Waals surface area contributed by atoms with Crippen LogP contribution in [0.5, 0.6) is 0 Å². The van der Waals surface area contributed by atoms with Crippen LogP contribution in [0, 0.1) is 0 Å². The summed E-state index contributed by atoms with van der Waals surface area (Å²) in [6, 6.07) is 0.423. The fourth-order valence-electron chi connectivity index (χ4n) is 1.72. The highest BCUT2D eigenvalue weighted by Crippen LogP contribution is 2.03. The molecule has 4 nitrogen and oxygen atoms in total. The van der Waals surface area contributed by atoms with Crippen LogP contribution in [-0.2, 0) is 13.0 Å². The summed E-state index contributed by atoms with van der Waals surface area (Å²) in [5.41, 5.74) is 0. The number of aromatic nitrogens is 3. The molecule has 1 aromatic heterocycles. The largest absolute Gasteiger partial charge is 0.313 e. The van der Waals surface area contributed by atoms with Gasteiger partial charge in [-0.3, -0.25) is 4.68 Å². The summed E-state index contributed by atoms with van der Waals surface area (Å²) in [5.74, 6) is 1.05. The van der Waals surface area contributed by atoms with Crippen LogP contribution in [0.25, 0.3) is 0 Å².